The molecule has 164 valence electrons. The van der Waals surface area contributed by atoms with E-state index in [1.54, 1.807) is 12.1 Å². The highest BCUT2D eigenvalue weighted by Gasteiger charge is 2.30. The molecular formula is C26H32F4. The summed E-state index contributed by atoms with van der Waals surface area (Å²) in [7, 11) is 0. The van der Waals surface area contributed by atoms with Gasteiger partial charge >= 0.3 is 6.18 Å². The summed E-state index contributed by atoms with van der Waals surface area (Å²) in [5, 5.41) is 0. The zero-order valence-corrected chi connectivity index (χ0v) is 17.8. The van der Waals surface area contributed by atoms with Gasteiger partial charge in [0.25, 0.3) is 0 Å². The minimum atomic E-state index is -4.38. The van der Waals surface area contributed by atoms with Gasteiger partial charge in [0.05, 0.1) is 5.56 Å². The van der Waals surface area contributed by atoms with Crippen LogP contribution in [0.5, 0.6) is 0 Å². The van der Waals surface area contributed by atoms with Crippen molar-refractivity contribution in [1.29, 1.82) is 0 Å². The molecule has 4 heteroatoms. The lowest BCUT2D eigenvalue weighted by Gasteiger charge is -2.29. The molecule has 1 aliphatic rings. The minimum absolute atomic E-state index is 0.355. The van der Waals surface area contributed by atoms with Gasteiger partial charge in [0, 0.05) is 5.56 Å². The monoisotopic (exact) mass is 420 g/mol. The van der Waals surface area contributed by atoms with Crippen LogP contribution >= 0.6 is 0 Å². The molecule has 0 aromatic heterocycles. The smallest absolute Gasteiger partial charge is 0.206 e. The Hall–Kier alpha value is -1.84. The molecule has 0 atom stereocenters. The SMILES string of the molecule is CCCCCCC[C@H]1CC[C@H](c2ccc(-c3ccc(C(F)(F)F)cc3)c(F)c2)CC1. The van der Waals surface area contributed by atoms with E-state index in [1.165, 1.54) is 63.5 Å². The van der Waals surface area contributed by atoms with Crippen molar-refractivity contribution in [3.8, 4) is 11.1 Å². The Balaban J connectivity index is 1.56. The van der Waals surface area contributed by atoms with E-state index < -0.39 is 11.7 Å². The van der Waals surface area contributed by atoms with E-state index in [0.717, 1.165) is 36.5 Å². The van der Waals surface area contributed by atoms with Gasteiger partial charge in [-0.3, -0.25) is 0 Å². The molecular weight excluding hydrogens is 388 g/mol. The molecule has 3 rings (SSSR count). The lowest BCUT2D eigenvalue weighted by atomic mass is 9.77. The maximum Gasteiger partial charge on any atom is 0.416 e. The average Bonchev–Trinajstić information content (AvgIpc) is 2.73. The first-order valence-corrected chi connectivity index (χ1v) is 11.4. The van der Waals surface area contributed by atoms with Crippen molar-refractivity contribution in [2.24, 2.45) is 5.92 Å². The van der Waals surface area contributed by atoms with Gasteiger partial charge in [-0.25, -0.2) is 4.39 Å². The van der Waals surface area contributed by atoms with Crippen LogP contribution in [-0.2, 0) is 6.18 Å². The van der Waals surface area contributed by atoms with Crippen LogP contribution < -0.4 is 0 Å². The second-order valence-electron chi connectivity index (χ2n) is 8.73. The second-order valence-corrected chi connectivity index (χ2v) is 8.73. The summed E-state index contributed by atoms with van der Waals surface area (Å²) in [6.07, 6.45) is 8.17. The number of alkyl halides is 3. The molecule has 0 heterocycles. The lowest BCUT2D eigenvalue weighted by Crippen LogP contribution is -2.13. The van der Waals surface area contributed by atoms with Gasteiger partial charge in [-0.15, -0.1) is 0 Å². The summed E-state index contributed by atoms with van der Waals surface area (Å²) < 4.78 is 52.9. The summed E-state index contributed by atoms with van der Waals surface area (Å²) in [4.78, 5) is 0. The van der Waals surface area contributed by atoms with Gasteiger partial charge in [-0.1, -0.05) is 69.7 Å². The van der Waals surface area contributed by atoms with Crippen LogP contribution in [0.1, 0.15) is 88.2 Å². The molecule has 0 bridgehead atoms. The van der Waals surface area contributed by atoms with Crippen LogP contribution in [-0.4, -0.2) is 0 Å². The molecule has 0 saturated heterocycles. The van der Waals surface area contributed by atoms with Crippen molar-refractivity contribution in [2.45, 2.75) is 83.2 Å². The van der Waals surface area contributed by atoms with Crippen molar-refractivity contribution in [3.05, 3.63) is 59.4 Å². The molecule has 30 heavy (non-hydrogen) atoms. The largest absolute Gasteiger partial charge is 0.416 e. The number of hydrogen-bond acceptors (Lipinski definition) is 0. The summed E-state index contributed by atoms with van der Waals surface area (Å²) in [5.41, 5.74) is 1.13. The third kappa shape index (κ3) is 6.09. The Bertz CT molecular complexity index is 784. The van der Waals surface area contributed by atoms with Crippen LogP contribution in [0.3, 0.4) is 0 Å². The number of halogens is 4. The predicted octanol–water partition coefficient (Wildman–Crippen LogP) is 9.15. The van der Waals surface area contributed by atoms with Crippen LogP contribution in [0.4, 0.5) is 17.6 Å². The molecule has 1 saturated carbocycles. The fourth-order valence-corrected chi connectivity index (χ4v) is 4.68. The minimum Gasteiger partial charge on any atom is -0.206 e. The third-order valence-electron chi connectivity index (χ3n) is 6.55. The Morgan fingerprint density at radius 3 is 2.10 bits per heavy atom. The Morgan fingerprint density at radius 2 is 1.50 bits per heavy atom. The molecule has 0 nitrogen and oxygen atoms in total. The van der Waals surface area contributed by atoms with Crippen molar-refractivity contribution in [3.63, 3.8) is 0 Å². The molecule has 0 unspecified atom stereocenters. The van der Waals surface area contributed by atoms with E-state index in [2.05, 4.69) is 6.92 Å². The highest BCUT2D eigenvalue weighted by atomic mass is 19.4. The molecule has 0 spiro atoms. The number of unbranched alkanes of at least 4 members (excludes halogenated alkanes) is 4. The van der Waals surface area contributed by atoms with E-state index in [-0.39, 0.29) is 5.82 Å². The first kappa shape index (κ1) is 22.8. The van der Waals surface area contributed by atoms with E-state index in [1.807, 2.05) is 6.07 Å². The molecule has 1 aliphatic carbocycles. The Kier molecular flexibility index (Phi) is 7.96. The van der Waals surface area contributed by atoms with Crippen LogP contribution in [0.15, 0.2) is 42.5 Å². The van der Waals surface area contributed by atoms with Gasteiger partial charge in [0.1, 0.15) is 5.82 Å². The highest BCUT2D eigenvalue weighted by Crippen LogP contribution is 2.39. The van der Waals surface area contributed by atoms with Gasteiger partial charge in [-0.2, -0.15) is 13.2 Å². The molecule has 1 fully saturated rings. The Morgan fingerprint density at radius 1 is 0.833 bits per heavy atom. The van der Waals surface area contributed by atoms with Crippen molar-refractivity contribution in [2.75, 3.05) is 0 Å². The second kappa shape index (κ2) is 10.5. The van der Waals surface area contributed by atoms with Gasteiger partial charge < -0.3 is 0 Å². The van der Waals surface area contributed by atoms with Crippen molar-refractivity contribution < 1.29 is 17.6 Å². The zero-order chi connectivity index (χ0) is 21.6. The highest BCUT2D eigenvalue weighted by molar-refractivity contribution is 5.65. The normalized spacial score (nSPS) is 19.8. The topological polar surface area (TPSA) is 0 Å². The number of rotatable bonds is 8. The first-order valence-electron chi connectivity index (χ1n) is 11.4. The van der Waals surface area contributed by atoms with Gasteiger partial charge in [0.15, 0.2) is 0 Å². The van der Waals surface area contributed by atoms with Crippen molar-refractivity contribution in [1.82, 2.24) is 0 Å². The van der Waals surface area contributed by atoms with E-state index in [9.17, 15) is 17.6 Å². The molecule has 0 radical (unpaired) electrons. The molecule has 2 aromatic carbocycles. The van der Waals surface area contributed by atoms with E-state index >= 15 is 0 Å². The average molecular weight is 421 g/mol. The molecule has 0 aliphatic heterocycles. The molecule has 0 N–H and O–H groups in total. The van der Waals surface area contributed by atoms with E-state index in [4.69, 9.17) is 0 Å². The van der Waals surface area contributed by atoms with Crippen LogP contribution in [0.2, 0.25) is 0 Å². The van der Waals surface area contributed by atoms with Gasteiger partial charge in [-0.05, 0) is 66.8 Å². The summed E-state index contributed by atoms with van der Waals surface area (Å²) >= 11 is 0. The third-order valence-corrected chi connectivity index (χ3v) is 6.55. The fraction of sp³-hybridized carbons (Fsp3) is 0.538. The fourth-order valence-electron chi connectivity index (χ4n) is 4.68. The lowest BCUT2D eigenvalue weighted by molar-refractivity contribution is -0.137. The van der Waals surface area contributed by atoms with E-state index in [0.29, 0.717) is 17.0 Å². The summed E-state index contributed by atoms with van der Waals surface area (Å²) in [5.74, 6) is 0.835. The zero-order valence-electron chi connectivity index (χ0n) is 17.8. The first-order chi connectivity index (χ1) is 14.4. The number of benzene rings is 2. The maximum absolute atomic E-state index is 14.7. The summed E-state index contributed by atoms with van der Waals surface area (Å²) in [6, 6.07) is 9.94. The summed E-state index contributed by atoms with van der Waals surface area (Å²) in [6.45, 7) is 2.24. The van der Waals surface area contributed by atoms with Gasteiger partial charge in [0.2, 0.25) is 0 Å². The predicted molar refractivity (Wildman–Crippen MR) is 115 cm³/mol. The quantitative estimate of drug-likeness (QED) is 0.295. The maximum atomic E-state index is 14.7. The van der Waals surface area contributed by atoms with Crippen molar-refractivity contribution >= 4 is 0 Å². The molecule has 0 amide bonds. The Labute approximate surface area is 177 Å². The standard InChI is InChI=1S/C26H32F4/c1-2-3-4-5-6-7-19-8-10-20(11-9-19)22-14-17-24(25(27)18-22)21-12-15-23(16-13-21)26(28,29)30/h12-20H,2-11H2,1H3/t19-,20-. The van der Waals surface area contributed by atoms with Crippen LogP contribution in [0.25, 0.3) is 11.1 Å². The number of hydrogen-bond donors (Lipinski definition) is 0. The molecule has 2 aromatic rings. The van der Waals surface area contributed by atoms with Crippen LogP contribution in [0, 0.1) is 11.7 Å².